The molecule has 8 heteroatoms. The van der Waals surface area contributed by atoms with Gasteiger partial charge in [0.25, 0.3) is 0 Å². The molecule has 1 heterocycles. The molecule has 1 saturated carbocycles. The monoisotopic (exact) mass is 589 g/mol. The van der Waals surface area contributed by atoms with E-state index in [-0.39, 0.29) is 0 Å². The molecule has 0 atom stereocenters. The number of nitrogens with zero attached hydrogens (tertiary/aromatic N) is 3. The van der Waals surface area contributed by atoms with Gasteiger partial charge in [0.1, 0.15) is 11.6 Å². The van der Waals surface area contributed by atoms with E-state index in [9.17, 15) is 0 Å². The summed E-state index contributed by atoms with van der Waals surface area (Å²) in [6, 6.07) is 12.8. The molecule has 1 aromatic heterocycles. The summed E-state index contributed by atoms with van der Waals surface area (Å²) in [7, 11) is 4.05. The van der Waals surface area contributed by atoms with Gasteiger partial charge in [0, 0.05) is 53.1 Å². The maximum atomic E-state index is 5.86. The summed E-state index contributed by atoms with van der Waals surface area (Å²) < 4.78 is 7.95. The molecule has 6 nitrogen and oxygen atoms in total. The summed E-state index contributed by atoms with van der Waals surface area (Å²) in [6.45, 7) is 4.39. The number of ether oxygens (including phenoxy) is 1. The third-order valence-electron chi connectivity index (χ3n) is 6.39. The highest BCUT2D eigenvalue weighted by Crippen LogP contribution is 2.32. The number of fused-ring (bicyclic) bond motifs is 1. The number of halogens is 2. The first-order chi connectivity index (χ1) is 16.4. The van der Waals surface area contributed by atoms with E-state index in [0.29, 0.717) is 24.5 Å². The number of nitrogens with one attached hydrogen (secondary N) is 2. The van der Waals surface area contributed by atoms with Gasteiger partial charge in [-0.3, -0.25) is 0 Å². The fourth-order valence-electron chi connectivity index (χ4n) is 4.57. The highest BCUT2D eigenvalue weighted by atomic mass is 79.9. The Labute approximate surface area is 219 Å². The Hall–Kier alpha value is -1.90. The summed E-state index contributed by atoms with van der Waals surface area (Å²) in [5.74, 6) is 3.23. The van der Waals surface area contributed by atoms with E-state index in [0.717, 1.165) is 44.5 Å². The summed E-state index contributed by atoms with van der Waals surface area (Å²) in [4.78, 5) is 11.6. The van der Waals surface area contributed by atoms with Gasteiger partial charge >= 0.3 is 0 Å². The second-order valence-corrected chi connectivity index (χ2v) is 10.8. The van der Waals surface area contributed by atoms with Crippen molar-refractivity contribution >= 4 is 54.5 Å². The largest absolute Gasteiger partial charge is 0.493 e. The lowest BCUT2D eigenvalue weighted by molar-refractivity contribution is 0.296. The minimum Gasteiger partial charge on any atom is -0.493 e. The van der Waals surface area contributed by atoms with Crippen molar-refractivity contribution in [1.82, 2.24) is 15.3 Å². The summed E-state index contributed by atoms with van der Waals surface area (Å²) in [6.07, 6.45) is 4.73. The van der Waals surface area contributed by atoms with Gasteiger partial charge in [-0.2, -0.15) is 4.98 Å². The first-order valence-electron chi connectivity index (χ1n) is 12.0. The molecule has 0 spiro atoms. The highest BCUT2D eigenvalue weighted by Gasteiger charge is 2.22. The molecule has 34 heavy (non-hydrogen) atoms. The van der Waals surface area contributed by atoms with Gasteiger partial charge in [-0.05, 0) is 62.8 Å². The maximum absolute atomic E-state index is 5.86. The number of hydrogen-bond acceptors (Lipinski definition) is 6. The van der Waals surface area contributed by atoms with Crippen LogP contribution in [0.3, 0.4) is 0 Å². The van der Waals surface area contributed by atoms with Gasteiger partial charge in [-0.25, -0.2) is 4.98 Å². The van der Waals surface area contributed by atoms with Crippen molar-refractivity contribution in [2.75, 3.05) is 37.5 Å². The fourth-order valence-corrected chi connectivity index (χ4v) is 5.89. The second-order valence-electron chi connectivity index (χ2n) is 9.06. The van der Waals surface area contributed by atoms with E-state index in [1.165, 1.54) is 31.2 Å². The van der Waals surface area contributed by atoms with Crippen LogP contribution >= 0.6 is 31.9 Å². The third kappa shape index (κ3) is 6.20. The van der Waals surface area contributed by atoms with Gasteiger partial charge in [0.15, 0.2) is 0 Å². The zero-order valence-corrected chi connectivity index (χ0v) is 23.2. The zero-order chi connectivity index (χ0) is 24.1. The van der Waals surface area contributed by atoms with Crippen molar-refractivity contribution in [2.45, 2.75) is 45.2 Å². The average molecular weight is 591 g/mol. The molecular formula is C26H33Br2N5O. The molecule has 0 radical (unpaired) electrons. The lowest BCUT2D eigenvalue weighted by atomic mass is 9.86. The number of hydrogen-bond donors (Lipinski definition) is 2. The lowest BCUT2D eigenvalue weighted by Crippen LogP contribution is -2.34. The van der Waals surface area contributed by atoms with Gasteiger partial charge in [-0.15, -0.1) is 0 Å². The van der Waals surface area contributed by atoms with Crippen molar-refractivity contribution in [3.63, 3.8) is 0 Å². The Kier molecular flexibility index (Phi) is 8.66. The van der Waals surface area contributed by atoms with Crippen LogP contribution in [-0.4, -0.2) is 43.3 Å². The topological polar surface area (TPSA) is 62.3 Å². The van der Waals surface area contributed by atoms with E-state index < -0.39 is 0 Å². The Bertz CT molecular complexity index is 1120. The summed E-state index contributed by atoms with van der Waals surface area (Å²) in [5.41, 5.74) is 2.15. The molecule has 4 rings (SSSR count). The van der Waals surface area contributed by atoms with Crippen LogP contribution in [0, 0.1) is 5.92 Å². The minimum absolute atomic E-state index is 0.526. The molecule has 0 amide bonds. The van der Waals surface area contributed by atoms with Gasteiger partial charge in [0.05, 0.1) is 12.1 Å². The van der Waals surface area contributed by atoms with Crippen LogP contribution in [0.4, 0.5) is 11.8 Å². The lowest BCUT2D eigenvalue weighted by Gasteiger charge is -2.30. The molecule has 1 aliphatic carbocycles. The number of benzene rings is 2. The second kappa shape index (κ2) is 11.7. The molecular weight excluding hydrogens is 558 g/mol. The molecule has 0 aliphatic heterocycles. The van der Waals surface area contributed by atoms with Crippen LogP contribution in [0.25, 0.3) is 10.9 Å². The molecule has 1 fully saturated rings. The predicted octanol–water partition coefficient (Wildman–Crippen LogP) is 6.38. The number of para-hydroxylation sites is 1. The number of aromatic nitrogens is 2. The van der Waals surface area contributed by atoms with E-state index in [1.54, 1.807) is 0 Å². The Morgan fingerprint density at radius 3 is 2.56 bits per heavy atom. The fraction of sp³-hybridized carbons (Fsp3) is 0.462. The molecule has 2 N–H and O–H groups in total. The minimum atomic E-state index is 0.526. The van der Waals surface area contributed by atoms with E-state index in [4.69, 9.17) is 14.7 Å². The molecule has 0 saturated heterocycles. The molecule has 0 unspecified atom stereocenters. The molecule has 182 valence electrons. The Morgan fingerprint density at radius 2 is 1.82 bits per heavy atom. The average Bonchev–Trinajstić information content (AvgIpc) is 2.82. The Balaban J connectivity index is 1.30. The third-order valence-corrected chi connectivity index (χ3v) is 7.55. The van der Waals surface area contributed by atoms with Crippen LogP contribution in [-0.2, 0) is 6.54 Å². The highest BCUT2D eigenvalue weighted by molar-refractivity contribution is 9.11. The van der Waals surface area contributed by atoms with Crippen molar-refractivity contribution in [3.05, 3.63) is 50.9 Å². The SMILES string of the molecule is CCOc1cc(Br)cc(Br)c1CN[C@H]1CC[C@@H](CNc2nc(N(C)C)c3ccccc3n2)CC1. The first kappa shape index (κ1) is 25.2. The van der Waals surface area contributed by atoms with Gasteiger partial charge < -0.3 is 20.3 Å². The Morgan fingerprint density at radius 1 is 1.06 bits per heavy atom. The standard InChI is InChI=1S/C26H33Br2N5O/c1-4-34-24-14-18(27)13-22(28)21(24)16-29-19-11-9-17(10-12-19)15-30-26-31-23-8-6-5-7-20(23)25(32-26)33(2)3/h5-8,13-14,17,19,29H,4,9-12,15-16H2,1-3H3,(H,30,31,32)/t17-,19+. The summed E-state index contributed by atoms with van der Waals surface area (Å²) >= 11 is 7.26. The molecule has 0 bridgehead atoms. The van der Waals surface area contributed by atoms with Crippen LogP contribution < -0.4 is 20.3 Å². The van der Waals surface area contributed by atoms with Crippen molar-refractivity contribution in [2.24, 2.45) is 5.92 Å². The maximum Gasteiger partial charge on any atom is 0.225 e. The van der Waals surface area contributed by atoms with E-state index >= 15 is 0 Å². The number of anilines is 2. The molecule has 3 aromatic rings. The van der Waals surface area contributed by atoms with Crippen LogP contribution in [0.15, 0.2) is 45.3 Å². The normalized spacial score (nSPS) is 18.1. The van der Waals surface area contributed by atoms with Gasteiger partial charge in [-0.1, -0.05) is 44.0 Å². The van der Waals surface area contributed by atoms with Crippen molar-refractivity contribution < 1.29 is 4.74 Å². The molecule has 2 aromatic carbocycles. The van der Waals surface area contributed by atoms with Gasteiger partial charge in [0.2, 0.25) is 5.95 Å². The number of rotatable bonds is 9. The van der Waals surface area contributed by atoms with Crippen molar-refractivity contribution in [3.8, 4) is 5.75 Å². The van der Waals surface area contributed by atoms with Crippen molar-refractivity contribution in [1.29, 1.82) is 0 Å². The summed E-state index contributed by atoms with van der Waals surface area (Å²) in [5, 5.41) is 8.35. The quantitative estimate of drug-likeness (QED) is 0.301. The first-order valence-corrected chi connectivity index (χ1v) is 13.5. The molecule has 1 aliphatic rings. The van der Waals surface area contributed by atoms with E-state index in [1.807, 2.05) is 50.2 Å². The van der Waals surface area contributed by atoms with Crippen LogP contribution in [0.1, 0.15) is 38.2 Å². The van der Waals surface area contributed by atoms with E-state index in [2.05, 4.69) is 54.6 Å². The predicted molar refractivity (Wildman–Crippen MR) is 148 cm³/mol. The van der Waals surface area contributed by atoms with Crippen LogP contribution in [0.2, 0.25) is 0 Å². The van der Waals surface area contributed by atoms with Crippen LogP contribution in [0.5, 0.6) is 5.75 Å². The zero-order valence-electron chi connectivity index (χ0n) is 20.1. The smallest absolute Gasteiger partial charge is 0.225 e.